The van der Waals surface area contributed by atoms with Gasteiger partial charge in [0, 0.05) is 10.6 Å². The predicted molar refractivity (Wildman–Crippen MR) is 157 cm³/mol. The molecule has 1 saturated heterocycles. The van der Waals surface area contributed by atoms with Gasteiger partial charge in [-0.15, -0.1) is 6.58 Å². The third-order valence-corrected chi connectivity index (χ3v) is 6.42. The summed E-state index contributed by atoms with van der Waals surface area (Å²) in [6, 6.07) is 16.5. The highest BCUT2D eigenvalue weighted by Crippen LogP contribution is 2.36. The molecule has 8 nitrogen and oxygen atoms in total. The van der Waals surface area contributed by atoms with Crippen molar-refractivity contribution in [2.24, 2.45) is 0 Å². The molecule has 2 amide bonds. The summed E-state index contributed by atoms with van der Waals surface area (Å²) in [4.78, 5) is 38.9. The number of carboxylic acid groups (broad SMARTS) is 1. The number of nitrogens with one attached hydrogen (secondary N) is 1. The number of nitrogens with zero attached hydrogens (tertiary/aromatic N) is 1. The highest BCUT2D eigenvalue weighted by Gasteiger charge is 2.35. The van der Waals surface area contributed by atoms with Crippen molar-refractivity contribution in [2.45, 2.75) is 20.0 Å². The minimum absolute atomic E-state index is 0.0276. The fourth-order valence-electron chi connectivity index (χ4n) is 4.07. The first-order chi connectivity index (χ1) is 19.2. The van der Waals surface area contributed by atoms with E-state index in [-0.39, 0.29) is 28.5 Å². The smallest absolute Gasteiger partial charge is 0.335 e. The van der Waals surface area contributed by atoms with Crippen LogP contribution in [0.25, 0.3) is 6.08 Å². The zero-order valence-corrected chi connectivity index (χ0v) is 23.1. The molecule has 1 fully saturated rings. The molecule has 0 atom stereocenters. The molecule has 3 aromatic carbocycles. The van der Waals surface area contributed by atoms with E-state index in [9.17, 15) is 19.5 Å². The van der Waals surface area contributed by atoms with Crippen LogP contribution in [-0.4, -0.2) is 34.6 Å². The van der Waals surface area contributed by atoms with Gasteiger partial charge in [0.15, 0.2) is 16.6 Å². The van der Waals surface area contributed by atoms with E-state index in [0.717, 1.165) is 16.0 Å². The average Bonchev–Trinajstić information content (AvgIpc) is 2.92. The number of halogens is 1. The monoisotopic (exact) mass is 576 g/mol. The van der Waals surface area contributed by atoms with Crippen molar-refractivity contribution in [1.82, 2.24) is 5.32 Å². The predicted octanol–water partition coefficient (Wildman–Crippen LogP) is 5.58. The summed E-state index contributed by atoms with van der Waals surface area (Å²) in [5.41, 5.74) is 2.18. The van der Waals surface area contributed by atoms with Crippen LogP contribution in [0.1, 0.15) is 34.0 Å². The van der Waals surface area contributed by atoms with Gasteiger partial charge in [-0.25, -0.2) is 4.79 Å². The van der Waals surface area contributed by atoms with E-state index in [1.54, 1.807) is 30.3 Å². The van der Waals surface area contributed by atoms with Crippen molar-refractivity contribution >= 4 is 58.5 Å². The summed E-state index contributed by atoms with van der Waals surface area (Å²) in [7, 11) is 0. The molecule has 4 rings (SSSR count). The fourth-order valence-corrected chi connectivity index (χ4v) is 4.48. The first-order valence-electron chi connectivity index (χ1n) is 12.2. The lowest BCUT2D eigenvalue weighted by Crippen LogP contribution is -2.54. The Balaban J connectivity index is 1.72. The van der Waals surface area contributed by atoms with Crippen LogP contribution in [0.3, 0.4) is 0 Å². The maximum Gasteiger partial charge on any atom is 0.335 e. The van der Waals surface area contributed by atoms with Crippen LogP contribution in [0.4, 0.5) is 5.69 Å². The van der Waals surface area contributed by atoms with Gasteiger partial charge < -0.3 is 14.6 Å². The van der Waals surface area contributed by atoms with Gasteiger partial charge in [0.2, 0.25) is 0 Å². The van der Waals surface area contributed by atoms with Crippen molar-refractivity contribution < 1.29 is 29.0 Å². The minimum Gasteiger partial charge on any atom is -0.490 e. The summed E-state index contributed by atoms with van der Waals surface area (Å²) in [5, 5.41) is 12.3. The van der Waals surface area contributed by atoms with Gasteiger partial charge in [-0.05, 0) is 85.2 Å². The summed E-state index contributed by atoms with van der Waals surface area (Å²) < 4.78 is 12.0. The van der Waals surface area contributed by atoms with Crippen molar-refractivity contribution in [2.75, 3.05) is 11.5 Å². The number of allylic oxidation sites excluding steroid dienone is 1. The van der Waals surface area contributed by atoms with Crippen LogP contribution < -0.4 is 19.7 Å². The normalized spacial score (nSPS) is 14.2. The number of carboxylic acids is 1. The molecule has 0 aliphatic carbocycles. The molecule has 1 aliphatic heterocycles. The number of rotatable bonds is 10. The number of anilines is 1. The zero-order chi connectivity index (χ0) is 28.8. The van der Waals surface area contributed by atoms with E-state index >= 15 is 0 Å². The quantitative estimate of drug-likeness (QED) is 0.141. The molecule has 1 aliphatic rings. The molecule has 1 heterocycles. The van der Waals surface area contributed by atoms with Gasteiger partial charge >= 0.3 is 5.97 Å². The van der Waals surface area contributed by atoms with E-state index < -0.39 is 17.8 Å². The second-order valence-electron chi connectivity index (χ2n) is 8.66. The van der Waals surface area contributed by atoms with Gasteiger partial charge in [-0.1, -0.05) is 35.9 Å². The number of ether oxygens (including phenoxy) is 2. The summed E-state index contributed by atoms with van der Waals surface area (Å²) in [6.45, 7) is 6.29. The fraction of sp³-hybridized carbons (Fsp3) is 0.133. The maximum absolute atomic E-state index is 13.5. The number of amides is 2. The Morgan fingerprint density at radius 1 is 1.12 bits per heavy atom. The molecule has 10 heteroatoms. The van der Waals surface area contributed by atoms with E-state index in [2.05, 4.69) is 11.9 Å². The lowest BCUT2D eigenvalue weighted by atomic mass is 10.0. The van der Waals surface area contributed by atoms with Gasteiger partial charge in [-0.2, -0.15) is 0 Å². The van der Waals surface area contributed by atoms with Gasteiger partial charge in [0.1, 0.15) is 12.2 Å². The Hall–Kier alpha value is -4.47. The molecular formula is C30H25ClN2O6S. The largest absolute Gasteiger partial charge is 0.490 e. The molecule has 0 saturated carbocycles. The number of carbonyl (C=O) groups is 3. The Morgan fingerprint density at radius 2 is 1.88 bits per heavy atom. The van der Waals surface area contributed by atoms with Crippen LogP contribution in [0.2, 0.25) is 5.02 Å². The van der Waals surface area contributed by atoms with E-state index in [4.69, 9.17) is 33.3 Å². The number of benzene rings is 3. The highest BCUT2D eigenvalue weighted by atomic mass is 35.5. The molecule has 0 bridgehead atoms. The van der Waals surface area contributed by atoms with Gasteiger partial charge in [-0.3, -0.25) is 19.8 Å². The second kappa shape index (κ2) is 12.6. The van der Waals surface area contributed by atoms with Crippen LogP contribution in [0, 0.1) is 0 Å². The van der Waals surface area contributed by atoms with Crippen molar-refractivity contribution in [3.63, 3.8) is 0 Å². The summed E-state index contributed by atoms with van der Waals surface area (Å²) in [6.07, 6.45) is 3.59. The van der Waals surface area contributed by atoms with Crippen LogP contribution in [-0.2, 0) is 22.6 Å². The molecule has 204 valence electrons. The lowest BCUT2D eigenvalue weighted by Gasteiger charge is -2.29. The van der Waals surface area contributed by atoms with E-state index in [1.807, 2.05) is 19.1 Å². The minimum atomic E-state index is -1.16. The Morgan fingerprint density at radius 3 is 2.55 bits per heavy atom. The van der Waals surface area contributed by atoms with Crippen LogP contribution in [0.5, 0.6) is 11.5 Å². The first-order valence-corrected chi connectivity index (χ1v) is 13.0. The Labute approximate surface area is 241 Å². The SMILES string of the molecule is C=CCc1cc(C=C2C(=O)NC(=S)N(c3cccc(C(=O)O)c3)C2=O)cc(OCC)c1OCc1ccc(Cl)cc1. The van der Waals surface area contributed by atoms with Gasteiger partial charge in [0.05, 0.1) is 17.9 Å². The highest BCUT2D eigenvalue weighted by molar-refractivity contribution is 7.80. The van der Waals surface area contributed by atoms with E-state index in [1.165, 1.54) is 30.3 Å². The average molecular weight is 577 g/mol. The summed E-state index contributed by atoms with van der Waals surface area (Å²) in [5.74, 6) is -1.57. The van der Waals surface area contributed by atoms with Gasteiger partial charge in [0.25, 0.3) is 11.8 Å². The molecular weight excluding hydrogens is 552 g/mol. The Bertz CT molecular complexity index is 1530. The molecule has 40 heavy (non-hydrogen) atoms. The first kappa shape index (κ1) is 28.5. The molecule has 0 radical (unpaired) electrons. The number of thiocarbonyl (C=S) groups is 1. The molecule has 0 aromatic heterocycles. The molecule has 0 unspecified atom stereocenters. The van der Waals surface area contributed by atoms with Crippen LogP contribution >= 0.6 is 23.8 Å². The number of hydrogen-bond donors (Lipinski definition) is 2. The lowest BCUT2D eigenvalue weighted by molar-refractivity contribution is -0.122. The standard InChI is InChI=1S/C30H25ClN2O6S/c1-3-6-20-13-19(15-25(38-4-2)26(20)39-17-18-9-11-22(31)12-10-18)14-24-27(34)32-30(40)33(28(24)35)23-8-5-7-21(16-23)29(36)37/h3,5,7-16H,1,4,6,17H2,2H3,(H,36,37)(H,32,34,40). The second-order valence-corrected chi connectivity index (χ2v) is 9.48. The molecule has 0 spiro atoms. The molecule has 2 N–H and O–H groups in total. The molecule has 3 aromatic rings. The summed E-state index contributed by atoms with van der Waals surface area (Å²) >= 11 is 11.2. The number of hydrogen-bond acceptors (Lipinski definition) is 6. The third-order valence-electron chi connectivity index (χ3n) is 5.88. The number of carbonyl (C=O) groups excluding carboxylic acids is 2. The zero-order valence-electron chi connectivity index (χ0n) is 21.5. The third kappa shape index (κ3) is 6.39. The van der Waals surface area contributed by atoms with E-state index in [0.29, 0.717) is 35.1 Å². The van der Waals surface area contributed by atoms with Crippen molar-refractivity contribution in [1.29, 1.82) is 0 Å². The van der Waals surface area contributed by atoms with Crippen molar-refractivity contribution in [3.05, 3.63) is 106 Å². The number of aromatic carboxylic acids is 1. The van der Waals surface area contributed by atoms with Crippen LogP contribution in [0.15, 0.2) is 78.9 Å². The maximum atomic E-state index is 13.5. The van der Waals surface area contributed by atoms with Crippen molar-refractivity contribution in [3.8, 4) is 11.5 Å². The topological polar surface area (TPSA) is 105 Å². The Kier molecular flexibility index (Phi) is 8.98.